The molecular formula is C12H15Cl2N3O. The third kappa shape index (κ3) is 2.60. The summed E-state index contributed by atoms with van der Waals surface area (Å²) in [5.74, 6) is -0.200. The zero-order chi connectivity index (χ0) is 13.3. The SMILES string of the molecule is Cc1cc(Cl)nc(Cl)c1NC(=O)C1(N)CCCC1. The van der Waals surface area contributed by atoms with Crippen molar-refractivity contribution in [3.05, 3.63) is 21.9 Å². The summed E-state index contributed by atoms with van der Waals surface area (Å²) in [7, 11) is 0. The summed E-state index contributed by atoms with van der Waals surface area (Å²) in [6.45, 7) is 1.81. The highest BCUT2D eigenvalue weighted by atomic mass is 35.5. The summed E-state index contributed by atoms with van der Waals surface area (Å²) < 4.78 is 0. The van der Waals surface area contributed by atoms with Crippen LogP contribution in [0, 0.1) is 6.92 Å². The van der Waals surface area contributed by atoms with Crippen LogP contribution in [-0.4, -0.2) is 16.4 Å². The van der Waals surface area contributed by atoms with E-state index in [9.17, 15) is 4.79 Å². The Hall–Kier alpha value is -0.840. The molecule has 3 N–H and O–H groups in total. The minimum Gasteiger partial charge on any atom is -0.322 e. The van der Waals surface area contributed by atoms with Gasteiger partial charge in [-0.05, 0) is 31.4 Å². The van der Waals surface area contributed by atoms with Crippen LogP contribution in [0.15, 0.2) is 6.07 Å². The number of anilines is 1. The number of rotatable bonds is 2. The van der Waals surface area contributed by atoms with Gasteiger partial charge in [-0.3, -0.25) is 4.79 Å². The van der Waals surface area contributed by atoms with Crippen LogP contribution in [0.3, 0.4) is 0 Å². The maximum atomic E-state index is 12.2. The Bertz CT molecular complexity index is 461. The van der Waals surface area contributed by atoms with Gasteiger partial charge in [-0.15, -0.1) is 0 Å². The standard InChI is InChI=1S/C12H15Cl2N3O/c1-7-6-8(13)16-10(14)9(7)17-11(18)12(15)4-2-3-5-12/h6H,2-5,15H2,1H3,(H,17,18). The van der Waals surface area contributed by atoms with Crippen LogP contribution in [-0.2, 0) is 4.79 Å². The highest BCUT2D eigenvalue weighted by Crippen LogP contribution is 2.31. The van der Waals surface area contributed by atoms with Crippen LogP contribution in [0.2, 0.25) is 10.3 Å². The van der Waals surface area contributed by atoms with Gasteiger partial charge in [-0.1, -0.05) is 36.0 Å². The number of nitrogens with one attached hydrogen (secondary N) is 1. The minimum absolute atomic E-state index is 0.190. The third-order valence-electron chi connectivity index (χ3n) is 3.33. The Morgan fingerprint density at radius 2 is 2.06 bits per heavy atom. The molecule has 1 aliphatic carbocycles. The largest absolute Gasteiger partial charge is 0.322 e. The highest BCUT2D eigenvalue weighted by Gasteiger charge is 2.37. The number of nitrogens with two attached hydrogens (primary N) is 1. The van der Waals surface area contributed by atoms with Crippen LogP contribution in [0.1, 0.15) is 31.2 Å². The Morgan fingerprint density at radius 1 is 1.44 bits per heavy atom. The molecule has 1 aromatic rings. The van der Waals surface area contributed by atoms with Gasteiger partial charge in [0.05, 0.1) is 11.2 Å². The van der Waals surface area contributed by atoms with Crippen LogP contribution in [0.5, 0.6) is 0 Å². The molecule has 1 heterocycles. The summed E-state index contributed by atoms with van der Waals surface area (Å²) in [5.41, 5.74) is 6.56. The zero-order valence-corrected chi connectivity index (χ0v) is 11.6. The van der Waals surface area contributed by atoms with Gasteiger partial charge in [0, 0.05) is 0 Å². The summed E-state index contributed by atoms with van der Waals surface area (Å²) in [4.78, 5) is 16.1. The predicted molar refractivity (Wildman–Crippen MR) is 73.0 cm³/mol. The van der Waals surface area contributed by atoms with E-state index >= 15 is 0 Å². The van der Waals surface area contributed by atoms with Crippen LogP contribution >= 0.6 is 23.2 Å². The van der Waals surface area contributed by atoms with Crippen molar-refractivity contribution in [2.75, 3.05) is 5.32 Å². The van der Waals surface area contributed by atoms with E-state index in [1.165, 1.54) is 0 Å². The Kier molecular flexibility index (Phi) is 3.80. The molecule has 0 aromatic carbocycles. The number of carbonyl (C=O) groups excluding carboxylic acids is 1. The fourth-order valence-corrected chi connectivity index (χ4v) is 2.80. The smallest absolute Gasteiger partial charge is 0.244 e. The van der Waals surface area contributed by atoms with Gasteiger partial charge < -0.3 is 11.1 Å². The molecule has 1 aromatic heterocycles. The first-order chi connectivity index (χ1) is 8.42. The number of hydrogen-bond donors (Lipinski definition) is 2. The van der Waals surface area contributed by atoms with E-state index in [-0.39, 0.29) is 11.1 Å². The van der Waals surface area contributed by atoms with Crippen molar-refractivity contribution in [3.8, 4) is 0 Å². The second-order valence-corrected chi connectivity index (χ2v) is 5.49. The molecule has 1 fully saturated rings. The number of halogens is 2. The molecular weight excluding hydrogens is 273 g/mol. The van der Waals surface area contributed by atoms with E-state index in [4.69, 9.17) is 28.9 Å². The lowest BCUT2D eigenvalue weighted by Crippen LogP contribution is -2.48. The molecule has 0 radical (unpaired) electrons. The Labute approximate surface area is 116 Å². The van der Waals surface area contributed by atoms with Crippen molar-refractivity contribution in [3.63, 3.8) is 0 Å². The lowest BCUT2D eigenvalue weighted by atomic mass is 9.98. The molecule has 1 aliphatic rings. The average molecular weight is 288 g/mol. The van der Waals surface area contributed by atoms with Gasteiger partial charge in [-0.25, -0.2) is 4.98 Å². The quantitative estimate of drug-likeness (QED) is 0.822. The molecule has 4 nitrogen and oxygen atoms in total. The molecule has 0 saturated heterocycles. The number of aromatic nitrogens is 1. The minimum atomic E-state index is -0.782. The van der Waals surface area contributed by atoms with Crippen LogP contribution in [0.4, 0.5) is 5.69 Å². The van der Waals surface area contributed by atoms with Crippen molar-refractivity contribution < 1.29 is 4.79 Å². The van der Waals surface area contributed by atoms with Crippen molar-refractivity contribution in [1.82, 2.24) is 4.98 Å². The van der Waals surface area contributed by atoms with Gasteiger partial charge in [-0.2, -0.15) is 0 Å². The highest BCUT2D eigenvalue weighted by molar-refractivity contribution is 6.34. The van der Waals surface area contributed by atoms with Gasteiger partial charge in [0.1, 0.15) is 5.15 Å². The lowest BCUT2D eigenvalue weighted by Gasteiger charge is -2.23. The van der Waals surface area contributed by atoms with E-state index in [1.54, 1.807) is 6.07 Å². The predicted octanol–water partition coefficient (Wildman–Crippen LogP) is 2.91. The van der Waals surface area contributed by atoms with Crippen molar-refractivity contribution in [2.24, 2.45) is 5.73 Å². The summed E-state index contributed by atoms with van der Waals surface area (Å²) in [5, 5.41) is 3.27. The normalized spacial score (nSPS) is 17.8. The summed E-state index contributed by atoms with van der Waals surface area (Å²) in [6.07, 6.45) is 3.37. The van der Waals surface area contributed by atoms with Gasteiger partial charge in [0.2, 0.25) is 5.91 Å². The van der Waals surface area contributed by atoms with Gasteiger partial charge >= 0.3 is 0 Å². The molecule has 6 heteroatoms. The lowest BCUT2D eigenvalue weighted by molar-refractivity contribution is -0.121. The van der Waals surface area contributed by atoms with Crippen LogP contribution in [0.25, 0.3) is 0 Å². The molecule has 0 aliphatic heterocycles. The van der Waals surface area contributed by atoms with Crippen molar-refractivity contribution in [2.45, 2.75) is 38.1 Å². The molecule has 1 amide bonds. The molecule has 1 saturated carbocycles. The fraction of sp³-hybridized carbons (Fsp3) is 0.500. The third-order valence-corrected chi connectivity index (χ3v) is 3.79. The van der Waals surface area contributed by atoms with Crippen LogP contribution < -0.4 is 11.1 Å². The van der Waals surface area contributed by atoms with E-state index in [0.717, 1.165) is 18.4 Å². The number of amides is 1. The van der Waals surface area contributed by atoms with Gasteiger partial charge in [0.15, 0.2) is 5.15 Å². The topological polar surface area (TPSA) is 68.0 Å². The Morgan fingerprint density at radius 3 is 2.61 bits per heavy atom. The number of hydrogen-bond acceptors (Lipinski definition) is 3. The van der Waals surface area contributed by atoms with E-state index in [0.29, 0.717) is 23.7 Å². The average Bonchev–Trinajstić information content (AvgIpc) is 2.71. The van der Waals surface area contributed by atoms with Crippen molar-refractivity contribution >= 4 is 34.8 Å². The first kappa shape index (κ1) is 13.6. The number of aryl methyl sites for hydroxylation is 1. The summed E-state index contributed by atoms with van der Waals surface area (Å²) >= 11 is 11.8. The maximum absolute atomic E-state index is 12.2. The fourth-order valence-electron chi connectivity index (χ4n) is 2.22. The monoisotopic (exact) mass is 287 g/mol. The first-order valence-electron chi connectivity index (χ1n) is 5.85. The zero-order valence-electron chi connectivity index (χ0n) is 10.1. The second kappa shape index (κ2) is 5.03. The Balaban J connectivity index is 2.22. The number of pyridine rings is 1. The van der Waals surface area contributed by atoms with Crippen molar-refractivity contribution in [1.29, 1.82) is 0 Å². The molecule has 18 heavy (non-hydrogen) atoms. The van der Waals surface area contributed by atoms with E-state index < -0.39 is 5.54 Å². The molecule has 0 spiro atoms. The molecule has 0 unspecified atom stereocenters. The second-order valence-electron chi connectivity index (χ2n) is 4.75. The molecule has 98 valence electrons. The number of carbonyl (C=O) groups is 1. The molecule has 0 atom stereocenters. The molecule has 2 rings (SSSR count). The van der Waals surface area contributed by atoms with E-state index in [2.05, 4.69) is 10.3 Å². The van der Waals surface area contributed by atoms with E-state index in [1.807, 2.05) is 6.92 Å². The molecule has 0 bridgehead atoms. The number of nitrogens with zero attached hydrogens (tertiary/aromatic N) is 1. The first-order valence-corrected chi connectivity index (χ1v) is 6.61. The van der Waals surface area contributed by atoms with Gasteiger partial charge in [0.25, 0.3) is 0 Å². The maximum Gasteiger partial charge on any atom is 0.244 e. The summed E-state index contributed by atoms with van der Waals surface area (Å²) in [6, 6.07) is 1.65.